The van der Waals surface area contributed by atoms with E-state index in [1.807, 2.05) is 54.1 Å². The molecule has 118 valence electrons. The Balaban J connectivity index is 2.03. The van der Waals surface area contributed by atoms with Crippen molar-refractivity contribution in [2.24, 2.45) is 0 Å². The molecule has 2 aromatic heterocycles. The van der Waals surface area contributed by atoms with Gasteiger partial charge in [0.2, 0.25) is 0 Å². The van der Waals surface area contributed by atoms with Crippen molar-refractivity contribution in [3.8, 4) is 17.1 Å². The second kappa shape index (κ2) is 5.69. The van der Waals surface area contributed by atoms with Crippen LogP contribution in [0.4, 0.5) is 0 Å². The predicted octanol–water partition coefficient (Wildman–Crippen LogP) is 4.76. The van der Waals surface area contributed by atoms with Crippen molar-refractivity contribution in [3.05, 3.63) is 70.5 Å². The van der Waals surface area contributed by atoms with E-state index in [-0.39, 0.29) is 0 Å². The van der Waals surface area contributed by atoms with Gasteiger partial charge in [-0.25, -0.2) is 9.67 Å². The average Bonchev–Trinajstić information content (AvgIpc) is 2.93. The van der Waals surface area contributed by atoms with Gasteiger partial charge >= 0.3 is 0 Å². The summed E-state index contributed by atoms with van der Waals surface area (Å²) >= 11 is 5.53. The summed E-state index contributed by atoms with van der Waals surface area (Å²) in [5.74, 6) is 0.752. The second-order valence-electron chi connectivity index (χ2n) is 5.82. The third kappa shape index (κ3) is 2.43. The molecule has 0 bridgehead atoms. The molecule has 4 nitrogen and oxygen atoms in total. The summed E-state index contributed by atoms with van der Waals surface area (Å²) in [4.78, 5) is 7.98. The first-order valence-corrected chi connectivity index (χ1v) is 8.16. The minimum absolute atomic E-state index is 0.569. The molecule has 5 heteroatoms. The molecular weight excluding hydrogens is 316 g/mol. The van der Waals surface area contributed by atoms with E-state index < -0.39 is 0 Å². The molecule has 2 aromatic carbocycles. The fourth-order valence-electron chi connectivity index (χ4n) is 2.88. The van der Waals surface area contributed by atoms with Crippen LogP contribution in [0.3, 0.4) is 0 Å². The van der Waals surface area contributed by atoms with Gasteiger partial charge in [-0.1, -0.05) is 54.7 Å². The first kappa shape index (κ1) is 14.8. The maximum absolute atomic E-state index is 5.53. The number of aromatic amines is 1. The van der Waals surface area contributed by atoms with E-state index in [0.717, 1.165) is 33.8 Å². The van der Waals surface area contributed by atoms with Crippen LogP contribution in [-0.2, 0) is 0 Å². The molecule has 0 saturated carbocycles. The molecule has 0 aliphatic rings. The van der Waals surface area contributed by atoms with Crippen LogP contribution in [0, 0.1) is 18.5 Å². The summed E-state index contributed by atoms with van der Waals surface area (Å²) in [5.41, 5.74) is 4.94. The van der Waals surface area contributed by atoms with Crippen molar-refractivity contribution in [2.45, 2.75) is 13.8 Å². The number of aromatic nitrogens is 4. The fraction of sp³-hybridized carbons (Fsp3) is 0.105. The number of benzene rings is 2. The third-order valence-corrected chi connectivity index (χ3v) is 4.31. The molecule has 4 aromatic rings. The summed E-state index contributed by atoms with van der Waals surface area (Å²) < 4.78 is 2.47. The molecule has 0 radical (unpaired) electrons. The number of nitrogens with one attached hydrogen (secondary N) is 1. The molecule has 0 amide bonds. The predicted molar refractivity (Wildman–Crippen MR) is 99.0 cm³/mol. The smallest absolute Gasteiger partial charge is 0.146 e. The number of rotatable bonds is 2. The van der Waals surface area contributed by atoms with Gasteiger partial charge in [0.15, 0.2) is 0 Å². The van der Waals surface area contributed by atoms with Crippen LogP contribution in [0.15, 0.2) is 54.6 Å². The number of aryl methyl sites for hydroxylation is 2. The third-order valence-electron chi connectivity index (χ3n) is 4.02. The molecule has 0 unspecified atom stereocenters. The molecule has 0 aliphatic heterocycles. The molecular formula is C19H16N4S. The lowest BCUT2D eigenvalue weighted by molar-refractivity contribution is 0.876. The number of nitrogens with zero attached hydrogens (tertiary/aromatic N) is 3. The van der Waals surface area contributed by atoms with Gasteiger partial charge in [0.1, 0.15) is 16.1 Å². The van der Waals surface area contributed by atoms with Crippen LogP contribution in [0.1, 0.15) is 11.3 Å². The Morgan fingerprint density at radius 1 is 1.00 bits per heavy atom. The first-order chi connectivity index (χ1) is 11.6. The van der Waals surface area contributed by atoms with Gasteiger partial charge in [-0.05, 0) is 31.5 Å². The lowest BCUT2D eigenvalue weighted by atomic mass is 10.2. The zero-order chi connectivity index (χ0) is 16.7. The Labute approximate surface area is 144 Å². The van der Waals surface area contributed by atoms with Gasteiger partial charge in [-0.15, -0.1) is 0 Å². The first-order valence-electron chi connectivity index (χ1n) is 7.75. The maximum Gasteiger partial charge on any atom is 0.146 e. The summed E-state index contributed by atoms with van der Waals surface area (Å²) in [6.07, 6.45) is 0. The molecule has 0 atom stereocenters. The van der Waals surface area contributed by atoms with Crippen molar-refractivity contribution < 1.29 is 0 Å². The second-order valence-corrected chi connectivity index (χ2v) is 6.20. The van der Waals surface area contributed by atoms with Crippen LogP contribution in [0.25, 0.3) is 28.1 Å². The minimum Gasteiger partial charge on any atom is -0.324 e. The Bertz CT molecular complexity index is 1090. The molecule has 0 aliphatic carbocycles. The van der Waals surface area contributed by atoms with Crippen LogP contribution < -0.4 is 0 Å². The van der Waals surface area contributed by atoms with E-state index in [0.29, 0.717) is 4.64 Å². The van der Waals surface area contributed by atoms with Gasteiger partial charge in [0, 0.05) is 5.56 Å². The number of fused-ring (bicyclic) bond motifs is 1. The summed E-state index contributed by atoms with van der Waals surface area (Å²) in [7, 11) is 0. The van der Waals surface area contributed by atoms with E-state index in [1.54, 1.807) is 0 Å². The Morgan fingerprint density at radius 2 is 1.79 bits per heavy atom. The van der Waals surface area contributed by atoms with Crippen LogP contribution in [0.2, 0.25) is 0 Å². The number of hydrogen-bond donors (Lipinski definition) is 1. The minimum atomic E-state index is 0.569. The van der Waals surface area contributed by atoms with Gasteiger partial charge in [0.25, 0.3) is 0 Å². The highest BCUT2D eigenvalue weighted by molar-refractivity contribution is 7.71. The summed E-state index contributed by atoms with van der Waals surface area (Å²) in [6.45, 7) is 4.03. The lowest BCUT2D eigenvalue weighted by Gasteiger charge is -2.06. The van der Waals surface area contributed by atoms with E-state index in [4.69, 9.17) is 12.2 Å². The fourth-order valence-corrected chi connectivity index (χ4v) is 3.21. The van der Waals surface area contributed by atoms with Gasteiger partial charge in [0.05, 0.1) is 16.8 Å². The van der Waals surface area contributed by atoms with Gasteiger partial charge < -0.3 is 4.98 Å². The van der Waals surface area contributed by atoms with E-state index in [2.05, 4.69) is 34.1 Å². The Kier molecular flexibility index (Phi) is 3.50. The van der Waals surface area contributed by atoms with Crippen molar-refractivity contribution in [2.75, 3.05) is 0 Å². The van der Waals surface area contributed by atoms with Crippen LogP contribution >= 0.6 is 12.2 Å². The molecule has 0 saturated heterocycles. The highest BCUT2D eigenvalue weighted by atomic mass is 32.1. The zero-order valence-corrected chi connectivity index (χ0v) is 14.3. The van der Waals surface area contributed by atoms with Gasteiger partial charge in [-0.3, -0.25) is 0 Å². The average molecular weight is 332 g/mol. The number of H-pyrrole nitrogens is 1. The molecule has 4 rings (SSSR count). The quantitative estimate of drug-likeness (QED) is 0.538. The summed E-state index contributed by atoms with van der Waals surface area (Å²) in [5, 5.41) is 5.57. The van der Waals surface area contributed by atoms with E-state index in [1.165, 1.54) is 5.56 Å². The topological polar surface area (TPSA) is 46.5 Å². The van der Waals surface area contributed by atoms with E-state index in [9.17, 15) is 0 Å². The molecule has 0 fully saturated rings. The monoisotopic (exact) mass is 332 g/mol. The molecule has 24 heavy (non-hydrogen) atoms. The van der Waals surface area contributed by atoms with Gasteiger partial charge in [-0.2, -0.15) is 5.10 Å². The largest absolute Gasteiger partial charge is 0.324 e. The van der Waals surface area contributed by atoms with Crippen molar-refractivity contribution in [3.63, 3.8) is 0 Å². The summed E-state index contributed by atoms with van der Waals surface area (Å²) in [6, 6.07) is 18.2. The lowest BCUT2D eigenvalue weighted by Crippen LogP contribution is -2.00. The van der Waals surface area contributed by atoms with Crippen molar-refractivity contribution >= 4 is 23.3 Å². The van der Waals surface area contributed by atoms with Crippen molar-refractivity contribution in [1.29, 1.82) is 0 Å². The standard InChI is InChI=1S/C19H16N4S/c1-12-7-6-10-15(11-12)23-18-16(13(2)22-23)19(24)21-17(20-18)14-8-4-3-5-9-14/h3-11H,1-2H3,(H,20,21,24). The van der Waals surface area contributed by atoms with Crippen LogP contribution in [0.5, 0.6) is 0 Å². The highest BCUT2D eigenvalue weighted by Crippen LogP contribution is 2.24. The Hall–Kier alpha value is -2.79. The highest BCUT2D eigenvalue weighted by Gasteiger charge is 2.14. The molecule has 0 spiro atoms. The molecule has 2 heterocycles. The van der Waals surface area contributed by atoms with Crippen molar-refractivity contribution in [1.82, 2.24) is 19.7 Å². The zero-order valence-electron chi connectivity index (χ0n) is 13.4. The molecule has 1 N–H and O–H groups in total. The number of hydrogen-bond acceptors (Lipinski definition) is 3. The van der Waals surface area contributed by atoms with Crippen LogP contribution in [-0.4, -0.2) is 19.7 Å². The maximum atomic E-state index is 5.53. The SMILES string of the molecule is Cc1cccc(-n2nc(C)c3c(=S)nc(-c4ccccc4)[nH]c32)c1. The normalized spacial score (nSPS) is 11.1. The Morgan fingerprint density at radius 3 is 2.54 bits per heavy atom. The van der Waals surface area contributed by atoms with E-state index >= 15 is 0 Å².